The van der Waals surface area contributed by atoms with Crippen LogP contribution in [0.5, 0.6) is 0 Å². The molecule has 1 atom stereocenters. The van der Waals surface area contributed by atoms with Gasteiger partial charge in [0.15, 0.2) is 6.10 Å². The highest BCUT2D eigenvalue weighted by Gasteiger charge is 2.20. The number of hydrogen-bond donors (Lipinski definition) is 0. The average Bonchev–Trinajstić information content (AvgIpc) is 3.50. The molecule has 490 valence electrons. The van der Waals surface area contributed by atoms with E-state index in [4.69, 9.17) is 14.2 Å². The van der Waals surface area contributed by atoms with E-state index in [9.17, 15) is 14.4 Å². The maximum atomic E-state index is 13.0. The molecule has 0 aromatic carbocycles. The molecule has 0 amide bonds. The molecule has 1 unspecified atom stereocenters. The topological polar surface area (TPSA) is 78.9 Å². The predicted molar refractivity (Wildman–Crippen MR) is 363 cm³/mol. The normalized spacial score (nSPS) is 12.1. The van der Waals surface area contributed by atoms with Crippen molar-refractivity contribution in [2.75, 3.05) is 13.2 Å². The third-order valence-electron chi connectivity index (χ3n) is 17.4. The summed E-state index contributed by atoms with van der Waals surface area (Å²) in [7, 11) is 0. The van der Waals surface area contributed by atoms with Gasteiger partial charge in [0.1, 0.15) is 13.2 Å². The third kappa shape index (κ3) is 70.5. The largest absolute Gasteiger partial charge is 0.462 e. The van der Waals surface area contributed by atoms with Crippen LogP contribution in [0.15, 0.2) is 24.3 Å². The zero-order chi connectivity index (χ0) is 59.9. The van der Waals surface area contributed by atoms with Crippen molar-refractivity contribution in [1.82, 2.24) is 0 Å². The molecular formula is C77H146O6. The van der Waals surface area contributed by atoms with Crippen LogP contribution in [0.4, 0.5) is 0 Å². The summed E-state index contributed by atoms with van der Waals surface area (Å²) in [6, 6.07) is 0. The van der Waals surface area contributed by atoms with E-state index in [0.29, 0.717) is 19.3 Å². The molecule has 0 aliphatic rings. The molecule has 0 rings (SSSR count). The minimum Gasteiger partial charge on any atom is -0.462 e. The molecule has 6 nitrogen and oxygen atoms in total. The fourth-order valence-corrected chi connectivity index (χ4v) is 11.8. The van der Waals surface area contributed by atoms with Crippen LogP contribution in [0, 0.1) is 0 Å². The molecule has 0 bridgehead atoms. The SMILES string of the molecule is CCC/C=C\C/C=C\CCCCCCCC(=O)OCC(COC(=O)CCCCCCCCCCCCCCCCCCCCCCCCCCCCCCCCCC)OC(=O)CCCCCCCCCCCCCCCCCCCCCC. The summed E-state index contributed by atoms with van der Waals surface area (Å²) in [6.07, 6.45) is 89.6. The molecule has 0 N–H and O–H groups in total. The Balaban J connectivity index is 4.11. The summed E-state index contributed by atoms with van der Waals surface area (Å²) in [4.78, 5) is 38.4. The van der Waals surface area contributed by atoms with Gasteiger partial charge in [0, 0.05) is 19.3 Å². The van der Waals surface area contributed by atoms with E-state index in [0.717, 1.165) is 83.5 Å². The number of rotatable bonds is 71. The van der Waals surface area contributed by atoms with Crippen molar-refractivity contribution in [1.29, 1.82) is 0 Å². The minimum absolute atomic E-state index is 0.0692. The van der Waals surface area contributed by atoms with Gasteiger partial charge in [-0.2, -0.15) is 0 Å². The summed E-state index contributed by atoms with van der Waals surface area (Å²) in [5.41, 5.74) is 0. The van der Waals surface area contributed by atoms with E-state index in [1.807, 2.05) is 0 Å². The van der Waals surface area contributed by atoms with Gasteiger partial charge in [-0.25, -0.2) is 0 Å². The van der Waals surface area contributed by atoms with Gasteiger partial charge in [-0.05, 0) is 44.9 Å². The number of hydrogen-bond acceptors (Lipinski definition) is 6. The van der Waals surface area contributed by atoms with Crippen LogP contribution in [0.2, 0.25) is 0 Å². The lowest BCUT2D eigenvalue weighted by Gasteiger charge is -2.18. The van der Waals surface area contributed by atoms with E-state index in [2.05, 4.69) is 45.1 Å². The average molecular weight is 1170 g/mol. The van der Waals surface area contributed by atoms with E-state index >= 15 is 0 Å². The van der Waals surface area contributed by atoms with Crippen molar-refractivity contribution < 1.29 is 28.6 Å². The molecule has 0 aliphatic carbocycles. The lowest BCUT2D eigenvalue weighted by molar-refractivity contribution is -0.167. The Labute approximate surface area is 519 Å². The summed E-state index contributed by atoms with van der Waals surface area (Å²) < 4.78 is 17.0. The fraction of sp³-hybridized carbons (Fsp3) is 0.909. The fourth-order valence-electron chi connectivity index (χ4n) is 11.8. The van der Waals surface area contributed by atoms with Crippen LogP contribution in [-0.2, 0) is 28.6 Å². The van der Waals surface area contributed by atoms with E-state index in [1.165, 1.54) is 308 Å². The zero-order valence-corrected chi connectivity index (χ0v) is 56.5. The highest BCUT2D eigenvalue weighted by Crippen LogP contribution is 2.20. The van der Waals surface area contributed by atoms with Crippen LogP contribution in [0.3, 0.4) is 0 Å². The van der Waals surface area contributed by atoms with Gasteiger partial charge < -0.3 is 14.2 Å². The van der Waals surface area contributed by atoms with Crippen molar-refractivity contribution in [2.24, 2.45) is 0 Å². The first-order chi connectivity index (χ1) is 41.0. The quantitative estimate of drug-likeness (QED) is 0.0261. The second-order valence-electron chi connectivity index (χ2n) is 25.9. The molecule has 0 fully saturated rings. The highest BCUT2D eigenvalue weighted by molar-refractivity contribution is 5.71. The van der Waals surface area contributed by atoms with Crippen LogP contribution in [0.1, 0.15) is 432 Å². The van der Waals surface area contributed by atoms with Gasteiger partial charge in [-0.3, -0.25) is 14.4 Å². The van der Waals surface area contributed by atoms with Crippen LogP contribution in [0.25, 0.3) is 0 Å². The van der Waals surface area contributed by atoms with Crippen LogP contribution < -0.4 is 0 Å². The first-order valence-electron chi connectivity index (χ1n) is 37.8. The second-order valence-corrected chi connectivity index (χ2v) is 25.9. The molecule has 6 heteroatoms. The van der Waals surface area contributed by atoms with Gasteiger partial charge in [-0.1, -0.05) is 392 Å². The molecule has 0 spiro atoms. The smallest absolute Gasteiger partial charge is 0.306 e. The van der Waals surface area contributed by atoms with E-state index < -0.39 is 6.10 Å². The molecule has 0 aromatic rings. The summed E-state index contributed by atoms with van der Waals surface area (Å²) in [6.45, 7) is 6.66. The number of unbranched alkanes of at least 4 members (excludes halogenated alkanes) is 56. The Morgan fingerprint density at radius 2 is 0.458 bits per heavy atom. The number of carbonyl (C=O) groups is 3. The zero-order valence-electron chi connectivity index (χ0n) is 56.5. The molecule has 83 heavy (non-hydrogen) atoms. The van der Waals surface area contributed by atoms with Crippen molar-refractivity contribution in [3.63, 3.8) is 0 Å². The Morgan fingerprint density at radius 1 is 0.241 bits per heavy atom. The lowest BCUT2D eigenvalue weighted by atomic mass is 10.0. The van der Waals surface area contributed by atoms with Crippen molar-refractivity contribution in [3.8, 4) is 0 Å². The predicted octanol–water partition coefficient (Wildman–Crippen LogP) is 26.1. The minimum atomic E-state index is -0.774. The third-order valence-corrected chi connectivity index (χ3v) is 17.4. The van der Waals surface area contributed by atoms with Gasteiger partial charge in [-0.15, -0.1) is 0 Å². The van der Waals surface area contributed by atoms with E-state index in [-0.39, 0.29) is 31.1 Å². The second kappa shape index (κ2) is 72.4. The Morgan fingerprint density at radius 3 is 0.711 bits per heavy atom. The molecule has 0 aromatic heterocycles. The molecule has 0 heterocycles. The Hall–Kier alpha value is -2.11. The monoisotopic (exact) mass is 1170 g/mol. The molecular weight excluding hydrogens is 1020 g/mol. The number of ether oxygens (including phenoxy) is 3. The highest BCUT2D eigenvalue weighted by atomic mass is 16.6. The lowest BCUT2D eigenvalue weighted by Crippen LogP contribution is -2.30. The molecule has 0 saturated heterocycles. The van der Waals surface area contributed by atoms with Gasteiger partial charge in [0.25, 0.3) is 0 Å². The van der Waals surface area contributed by atoms with Crippen LogP contribution in [-0.4, -0.2) is 37.2 Å². The number of allylic oxidation sites excluding steroid dienone is 4. The molecule has 0 saturated carbocycles. The molecule has 0 aliphatic heterocycles. The van der Waals surface area contributed by atoms with Crippen molar-refractivity contribution >= 4 is 17.9 Å². The standard InChI is InChI=1S/C77H146O6/c1-4-7-10-13-16-19-22-25-27-29-31-33-34-35-36-37-38-39-40-41-42-43-44-46-47-49-52-55-58-61-64-67-70-76(79)82-73-74(72-81-75(78)69-66-63-60-57-54-51-24-21-18-15-12-9-6-3)83-77(80)71-68-65-62-59-56-53-50-48-45-32-30-28-26-23-20-17-14-11-8-5-2/h12,15,21,24,74H,4-11,13-14,16-20,22-23,25-73H2,1-3H3/b15-12-,24-21-. The van der Waals surface area contributed by atoms with Crippen molar-refractivity contribution in [3.05, 3.63) is 24.3 Å². The van der Waals surface area contributed by atoms with Gasteiger partial charge in [0.05, 0.1) is 0 Å². The number of esters is 3. The van der Waals surface area contributed by atoms with Gasteiger partial charge >= 0.3 is 17.9 Å². The van der Waals surface area contributed by atoms with Crippen molar-refractivity contribution in [2.45, 2.75) is 438 Å². The Bertz CT molecular complexity index is 1340. The molecule has 0 radical (unpaired) electrons. The summed E-state index contributed by atoms with van der Waals surface area (Å²) in [5, 5.41) is 0. The Kier molecular flexibility index (Phi) is 70.5. The summed E-state index contributed by atoms with van der Waals surface area (Å²) >= 11 is 0. The van der Waals surface area contributed by atoms with E-state index in [1.54, 1.807) is 0 Å². The van der Waals surface area contributed by atoms with Crippen LogP contribution >= 0.6 is 0 Å². The maximum Gasteiger partial charge on any atom is 0.306 e. The van der Waals surface area contributed by atoms with Gasteiger partial charge in [0.2, 0.25) is 0 Å². The first kappa shape index (κ1) is 80.9. The number of carbonyl (C=O) groups excluding carboxylic acids is 3. The maximum absolute atomic E-state index is 13.0. The summed E-state index contributed by atoms with van der Waals surface area (Å²) in [5.74, 6) is -0.850. The first-order valence-corrected chi connectivity index (χ1v) is 37.8.